The third kappa shape index (κ3) is 1.61. The van der Waals surface area contributed by atoms with Gasteiger partial charge in [0.25, 0.3) is 0 Å². The Kier molecular flexibility index (Phi) is 2.62. The molecule has 14 heavy (non-hydrogen) atoms. The van der Waals surface area contributed by atoms with E-state index >= 15 is 0 Å². The smallest absolute Gasteiger partial charge is 0.335 e. The number of rotatable bonds is 3. The van der Waals surface area contributed by atoms with Crippen LogP contribution in [-0.4, -0.2) is 28.8 Å². The second-order valence-corrected chi connectivity index (χ2v) is 2.54. The number of carbonyl (C=O) groups excluding carboxylic acids is 2. The fourth-order valence-electron chi connectivity index (χ4n) is 0.983. The lowest BCUT2D eigenvalue weighted by Gasteiger charge is -2.02. The topological polar surface area (TPSA) is 91.7 Å². The van der Waals surface area contributed by atoms with Crippen LogP contribution in [0.25, 0.3) is 0 Å². The first-order valence-electron chi connectivity index (χ1n) is 3.60. The van der Waals surface area contributed by atoms with E-state index in [1.165, 1.54) is 0 Å². The van der Waals surface area contributed by atoms with E-state index in [0.717, 1.165) is 12.1 Å². The number of benzene rings is 1. The van der Waals surface area contributed by atoms with Crippen molar-refractivity contribution in [3.05, 3.63) is 28.8 Å². The van der Waals surface area contributed by atoms with E-state index in [-0.39, 0.29) is 29.3 Å². The first-order chi connectivity index (χ1) is 6.60. The van der Waals surface area contributed by atoms with Crippen molar-refractivity contribution in [3.63, 3.8) is 0 Å². The molecule has 0 saturated heterocycles. The number of aromatic hydroxyl groups is 1. The van der Waals surface area contributed by atoms with Crippen molar-refractivity contribution < 1.29 is 24.6 Å². The summed E-state index contributed by atoms with van der Waals surface area (Å²) in [6.45, 7) is 0. The van der Waals surface area contributed by atoms with E-state index in [2.05, 4.69) is 0 Å². The van der Waals surface area contributed by atoms with E-state index in [1.807, 2.05) is 0 Å². The first kappa shape index (κ1) is 9.91. The van der Waals surface area contributed by atoms with E-state index in [0.29, 0.717) is 0 Å². The number of aromatic carboxylic acids is 1. The fourth-order valence-corrected chi connectivity index (χ4v) is 0.983. The van der Waals surface area contributed by atoms with Gasteiger partial charge in [-0.2, -0.15) is 0 Å². The summed E-state index contributed by atoms with van der Waals surface area (Å²) in [6.07, 6.45) is 0.573. The molecule has 0 aliphatic heterocycles. The molecule has 5 heteroatoms. The van der Waals surface area contributed by atoms with Crippen LogP contribution in [0.15, 0.2) is 12.1 Å². The molecule has 0 aliphatic carbocycles. The number of hydrogen-bond acceptors (Lipinski definition) is 4. The van der Waals surface area contributed by atoms with Crippen molar-refractivity contribution in [2.24, 2.45) is 0 Å². The third-order valence-corrected chi connectivity index (χ3v) is 1.67. The fraction of sp³-hybridized carbons (Fsp3) is 0. The standard InChI is InChI=1S/C9H6O5/c10-3-6-1-5(9(13)14)2-7(4-11)8(6)12/h1-4,12H,(H,13,14). The van der Waals surface area contributed by atoms with Crippen LogP contribution in [0.3, 0.4) is 0 Å². The Labute approximate surface area is 78.6 Å². The molecule has 1 aromatic carbocycles. The Morgan fingerprint density at radius 2 is 1.57 bits per heavy atom. The molecule has 5 nitrogen and oxygen atoms in total. The summed E-state index contributed by atoms with van der Waals surface area (Å²) in [6, 6.07) is 2.00. The number of phenolic OH excluding ortho intramolecular Hbond substituents is 1. The van der Waals surface area contributed by atoms with Crippen molar-refractivity contribution in [3.8, 4) is 5.75 Å². The molecule has 0 saturated carbocycles. The monoisotopic (exact) mass is 194 g/mol. The molecule has 0 aromatic heterocycles. The zero-order valence-corrected chi connectivity index (χ0v) is 6.93. The van der Waals surface area contributed by atoms with E-state index in [9.17, 15) is 19.5 Å². The molecule has 0 aliphatic rings. The normalized spacial score (nSPS) is 9.43. The molecular formula is C9H6O5. The van der Waals surface area contributed by atoms with E-state index in [4.69, 9.17) is 5.11 Å². The van der Waals surface area contributed by atoms with Gasteiger partial charge in [0.2, 0.25) is 0 Å². The van der Waals surface area contributed by atoms with Crippen molar-refractivity contribution in [2.75, 3.05) is 0 Å². The summed E-state index contributed by atoms with van der Waals surface area (Å²) in [7, 11) is 0. The SMILES string of the molecule is O=Cc1cc(C(=O)O)cc(C=O)c1O. The zero-order valence-electron chi connectivity index (χ0n) is 6.93. The number of phenols is 1. The van der Waals surface area contributed by atoms with Gasteiger partial charge in [-0.25, -0.2) is 4.79 Å². The van der Waals surface area contributed by atoms with Crippen LogP contribution >= 0.6 is 0 Å². The maximum atomic E-state index is 10.5. The first-order valence-corrected chi connectivity index (χ1v) is 3.60. The molecular weight excluding hydrogens is 188 g/mol. The van der Waals surface area contributed by atoms with Gasteiger partial charge >= 0.3 is 5.97 Å². The van der Waals surface area contributed by atoms with Crippen molar-refractivity contribution in [2.45, 2.75) is 0 Å². The molecule has 72 valence electrons. The minimum absolute atomic E-state index is 0.216. The molecule has 1 aromatic rings. The van der Waals surface area contributed by atoms with Gasteiger partial charge in [-0.3, -0.25) is 9.59 Å². The van der Waals surface area contributed by atoms with Crippen LogP contribution in [0, 0.1) is 0 Å². The Hall–Kier alpha value is -2.17. The summed E-state index contributed by atoms with van der Waals surface area (Å²) in [4.78, 5) is 31.3. The van der Waals surface area contributed by atoms with Gasteiger partial charge in [0.15, 0.2) is 12.6 Å². The second-order valence-electron chi connectivity index (χ2n) is 2.54. The highest BCUT2D eigenvalue weighted by atomic mass is 16.4. The third-order valence-electron chi connectivity index (χ3n) is 1.67. The molecule has 0 unspecified atom stereocenters. The number of hydrogen-bond donors (Lipinski definition) is 2. The van der Waals surface area contributed by atoms with Gasteiger partial charge in [0, 0.05) is 0 Å². The van der Waals surface area contributed by atoms with Gasteiger partial charge in [-0.05, 0) is 12.1 Å². The van der Waals surface area contributed by atoms with Gasteiger partial charge in [-0.15, -0.1) is 0 Å². The highest BCUT2D eigenvalue weighted by Gasteiger charge is 2.12. The minimum Gasteiger partial charge on any atom is -0.506 e. The number of carboxylic acids is 1. The Morgan fingerprint density at radius 1 is 1.14 bits per heavy atom. The van der Waals surface area contributed by atoms with Crippen LogP contribution in [0.1, 0.15) is 31.1 Å². The van der Waals surface area contributed by atoms with Gasteiger partial charge < -0.3 is 10.2 Å². The zero-order chi connectivity index (χ0) is 10.7. The largest absolute Gasteiger partial charge is 0.506 e. The Balaban J connectivity index is 3.46. The molecule has 0 atom stereocenters. The lowest BCUT2D eigenvalue weighted by atomic mass is 10.1. The van der Waals surface area contributed by atoms with Crippen LogP contribution in [0.5, 0.6) is 5.75 Å². The lowest BCUT2D eigenvalue weighted by Crippen LogP contribution is -2.00. The van der Waals surface area contributed by atoms with Crippen LogP contribution in [-0.2, 0) is 0 Å². The highest BCUT2D eigenvalue weighted by Crippen LogP contribution is 2.21. The Morgan fingerprint density at radius 3 is 1.86 bits per heavy atom. The minimum atomic E-state index is -1.27. The molecule has 1 rings (SSSR count). The van der Waals surface area contributed by atoms with Crippen molar-refractivity contribution in [1.29, 1.82) is 0 Å². The maximum Gasteiger partial charge on any atom is 0.335 e. The molecule has 0 heterocycles. The molecule has 0 radical (unpaired) electrons. The lowest BCUT2D eigenvalue weighted by molar-refractivity contribution is 0.0697. The van der Waals surface area contributed by atoms with Crippen molar-refractivity contribution >= 4 is 18.5 Å². The molecule has 0 amide bonds. The van der Waals surface area contributed by atoms with Crippen molar-refractivity contribution in [1.82, 2.24) is 0 Å². The summed E-state index contributed by atoms with van der Waals surface area (Å²) in [5, 5.41) is 17.8. The van der Waals surface area contributed by atoms with E-state index < -0.39 is 11.7 Å². The predicted octanol–water partition coefficient (Wildman–Crippen LogP) is 0.715. The second kappa shape index (κ2) is 3.69. The summed E-state index contributed by atoms with van der Waals surface area (Å²) < 4.78 is 0. The quantitative estimate of drug-likeness (QED) is 0.691. The average Bonchev–Trinajstić information content (AvgIpc) is 2.17. The summed E-state index contributed by atoms with van der Waals surface area (Å²) in [5.41, 5.74) is -0.647. The number of carboxylic acid groups (broad SMARTS) is 1. The number of carbonyl (C=O) groups is 3. The Bertz CT molecular complexity index is 379. The molecule has 0 fully saturated rings. The predicted molar refractivity (Wildman–Crippen MR) is 45.8 cm³/mol. The van der Waals surface area contributed by atoms with Crippen LogP contribution < -0.4 is 0 Å². The van der Waals surface area contributed by atoms with Crippen LogP contribution in [0.4, 0.5) is 0 Å². The summed E-state index contributed by atoms with van der Waals surface area (Å²) >= 11 is 0. The highest BCUT2D eigenvalue weighted by molar-refractivity contribution is 5.96. The molecule has 0 spiro atoms. The number of aldehydes is 2. The van der Waals surface area contributed by atoms with Crippen LogP contribution in [0.2, 0.25) is 0 Å². The maximum absolute atomic E-state index is 10.5. The van der Waals surface area contributed by atoms with Gasteiger partial charge in [0.05, 0.1) is 16.7 Å². The molecule has 0 bridgehead atoms. The average molecular weight is 194 g/mol. The van der Waals surface area contributed by atoms with Gasteiger partial charge in [0.1, 0.15) is 5.75 Å². The summed E-state index contributed by atoms with van der Waals surface area (Å²) in [5.74, 6) is -1.77. The van der Waals surface area contributed by atoms with Gasteiger partial charge in [-0.1, -0.05) is 0 Å². The molecule has 2 N–H and O–H groups in total. The van der Waals surface area contributed by atoms with E-state index in [1.54, 1.807) is 0 Å².